The number of piperazine rings is 1. The van der Waals surface area contributed by atoms with Crippen LogP contribution in [0.1, 0.15) is 31.1 Å². The number of carbonyl (C=O) groups excluding carboxylic acids is 4. The zero-order chi connectivity index (χ0) is 27.4. The highest BCUT2D eigenvalue weighted by Gasteiger charge is 2.37. The first-order valence-corrected chi connectivity index (χ1v) is 13.2. The predicted octanol–water partition coefficient (Wildman–Crippen LogP) is 4.58. The molecule has 198 valence electrons. The van der Waals surface area contributed by atoms with Crippen LogP contribution in [-0.2, 0) is 14.3 Å². The van der Waals surface area contributed by atoms with E-state index in [1.54, 1.807) is 85.2 Å². The van der Waals surface area contributed by atoms with Crippen molar-refractivity contribution in [3.05, 3.63) is 76.2 Å². The highest BCUT2D eigenvalue weighted by molar-refractivity contribution is 8.19. The van der Waals surface area contributed by atoms with E-state index in [0.29, 0.717) is 31.9 Å². The lowest BCUT2D eigenvalue weighted by molar-refractivity contribution is -0.128. The molecule has 2 aliphatic rings. The molecule has 2 aromatic carbocycles. The van der Waals surface area contributed by atoms with Crippen molar-refractivity contribution in [1.29, 1.82) is 0 Å². The van der Waals surface area contributed by atoms with E-state index in [0.717, 1.165) is 11.8 Å². The molecule has 0 bridgehead atoms. The molecule has 2 aliphatic heterocycles. The molecule has 9 nitrogen and oxygen atoms in total. The third-order valence-electron chi connectivity index (χ3n) is 5.62. The van der Waals surface area contributed by atoms with Gasteiger partial charge in [0.1, 0.15) is 5.60 Å². The molecule has 0 N–H and O–H groups in total. The Morgan fingerprint density at radius 3 is 2.18 bits per heavy atom. The largest absolute Gasteiger partial charge is 0.444 e. The molecular formula is C27H27ClN4O5S. The van der Waals surface area contributed by atoms with E-state index in [2.05, 4.69) is 4.99 Å². The van der Waals surface area contributed by atoms with Gasteiger partial charge in [-0.3, -0.25) is 19.3 Å². The van der Waals surface area contributed by atoms with Gasteiger partial charge in [0.25, 0.3) is 11.8 Å². The number of hydrogen-bond acceptors (Lipinski definition) is 6. The van der Waals surface area contributed by atoms with Crippen LogP contribution in [0.2, 0.25) is 5.02 Å². The summed E-state index contributed by atoms with van der Waals surface area (Å²) in [6.07, 6.45) is 0.834. The van der Waals surface area contributed by atoms with Crippen LogP contribution < -0.4 is 4.90 Å². The highest BCUT2D eigenvalue weighted by Crippen LogP contribution is 2.35. The molecule has 0 unspecified atom stereocenters. The number of thioether (sulfide) groups is 1. The standard InChI is InChI=1S/C27H27ClN4O5S/c1-27(2,3)37-26(36)31-15-13-30(14-16-31)22(33)17-21-24(35)32(18-9-5-4-6-10-18)25(38-21)29-23(34)19-11-7-8-12-20(19)28/h4-12,17H,13-16H2,1-3H3. The fourth-order valence-corrected chi connectivity index (χ4v) is 4.93. The van der Waals surface area contributed by atoms with Crippen LogP contribution in [0, 0.1) is 0 Å². The summed E-state index contributed by atoms with van der Waals surface area (Å²) < 4.78 is 5.40. The molecule has 0 aromatic heterocycles. The fraction of sp³-hybridized carbons (Fsp3) is 0.296. The number of aliphatic imine (C=N–C) groups is 1. The summed E-state index contributed by atoms with van der Waals surface area (Å²) in [6.45, 7) is 6.63. The Morgan fingerprint density at radius 2 is 1.55 bits per heavy atom. The van der Waals surface area contributed by atoms with Gasteiger partial charge < -0.3 is 14.5 Å². The van der Waals surface area contributed by atoms with Crippen molar-refractivity contribution < 1.29 is 23.9 Å². The number of amidine groups is 1. The number of anilines is 1. The molecule has 0 aliphatic carbocycles. The second kappa shape index (κ2) is 11.4. The number of amides is 4. The van der Waals surface area contributed by atoms with Gasteiger partial charge in [0, 0.05) is 32.3 Å². The van der Waals surface area contributed by atoms with Crippen LogP contribution in [0.25, 0.3) is 0 Å². The number of rotatable bonds is 3. The molecule has 2 fully saturated rings. The Morgan fingerprint density at radius 1 is 0.947 bits per heavy atom. The van der Waals surface area contributed by atoms with Crippen molar-refractivity contribution in [2.24, 2.45) is 4.99 Å². The average Bonchev–Trinajstić information content (AvgIpc) is 3.17. The minimum absolute atomic E-state index is 0.125. The number of carbonyl (C=O) groups is 4. The van der Waals surface area contributed by atoms with Crippen molar-refractivity contribution >= 4 is 58.0 Å². The second-order valence-electron chi connectivity index (χ2n) is 9.56. The van der Waals surface area contributed by atoms with Crippen LogP contribution in [-0.4, -0.2) is 70.6 Å². The summed E-state index contributed by atoms with van der Waals surface area (Å²) in [5.41, 5.74) is 0.114. The molecule has 4 rings (SSSR count). The number of nitrogens with zero attached hydrogens (tertiary/aromatic N) is 4. The molecule has 4 amide bonds. The second-order valence-corrected chi connectivity index (χ2v) is 11.0. The van der Waals surface area contributed by atoms with E-state index in [4.69, 9.17) is 16.3 Å². The molecule has 2 heterocycles. The third-order valence-corrected chi connectivity index (χ3v) is 6.92. The molecule has 0 saturated carbocycles. The monoisotopic (exact) mass is 554 g/mol. The first-order valence-electron chi connectivity index (χ1n) is 12.0. The van der Waals surface area contributed by atoms with E-state index in [9.17, 15) is 19.2 Å². The van der Waals surface area contributed by atoms with Gasteiger partial charge in [0.15, 0.2) is 5.17 Å². The van der Waals surface area contributed by atoms with Crippen molar-refractivity contribution in [3.8, 4) is 0 Å². The minimum Gasteiger partial charge on any atom is -0.444 e. The lowest BCUT2D eigenvalue weighted by atomic mass is 10.2. The van der Waals surface area contributed by atoms with Crippen LogP contribution >= 0.6 is 23.4 Å². The van der Waals surface area contributed by atoms with Crippen LogP contribution in [0.5, 0.6) is 0 Å². The van der Waals surface area contributed by atoms with Gasteiger partial charge >= 0.3 is 6.09 Å². The summed E-state index contributed by atoms with van der Waals surface area (Å²) in [6, 6.07) is 15.3. The third kappa shape index (κ3) is 6.43. The molecule has 38 heavy (non-hydrogen) atoms. The summed E-state index contributed by atoms with van der Waals surface area (Å²) in [7, 11) is 0. The highest BCUT2D eigenvalue weighted by atomic mass is 35.5. The Hall–Kier alpha value is -3.63. The van der Waals surface area contributed by atoms with Gasteiger partial charge in [-0.25, -0.2) is 4.79 Å². The van der Waals surface area contributed by atoms with Gasteiger partial charge in [-0.1, -0.05) is 41.9 Å². The Kier molecular flexibility index (Phi) is 8.23. The van der Waals surface area contributed by atoms with Crippen molar-refractivity contribution in [1.82, 2.24) is 9.80 Å². The van der Waals surface area contributed by atoms with E-state index in [1.165, 1.54) is 11.0 Å². The molecule has 0 spiro atoms. The van der Waals surface area contributed by atoms with Gasteiger partial charge in [0.2, 0.25) is 5.91 Å². The molecular weight excluding hydrogens is 528 g/mol. The van der Waals surface area contributed by atoms with E-state index >= 15 is 0 Å². The average molecular weight is 555 g/mol. The lowest BCUT2D eigenvalue weighted by Crippen LogP contribution is -2.51. The maximum absolute atomic E-state index is 13.4. The Balaban J connectivity index is 1.53. The first-order chi connectivity index (χ1) is 18.0. The van der Waals surface area contributed by atoms with Crippen LogP contribution in [0.3, 0.4) is 0 Å². The number of para-hydroxylation sites is 1. The smallest absolute Gasteiger partial charge is 0.410 e. The molecule has 0 atom stereocenters. The summed E-state index contributed by atoms with van der Waals surface area (Å²) in [5.74, 6) is -1.43. The topological polar surface area (TPSA) is 99.6 Å². The normalized spacial score (nSPS) is 18.3. The SMILES string of the molecule is CC(C)(C)OC(=O)N1CCN(C(=O)C=C2SC(=NC(=O)c3ccccc3Cl)N(c3ccccc3)C2=O)CC1. The van der Waals surface area contributed by atoms with Gasteiger partial charge in [-0.05, 0) is 56.8 Å². The Labute approximate surface area is 230 Å². The molecule has 2 saturated heterocycles. The molecule has 0 radical (unpaired) electrons. The number of ether oxygens (including phenoxy) is 1. The van der Waals surface area contributed by atoms with Crippen molar-refractivity contribution in [2.45, 2.75) is 26.4 Å². The number of halogens is 1. The summed E-state index contributed by atoms with van der Waals surface area (Å²) in [5, 5.41) is 0.374. The number of hydrogen-bond donors (Lipinski definition) is 0. The van der Waals surface area contributed by atoms with Gasteiger partial charge in [-0.15, -0.1) is 0 Å². The lowest BCUT2D eigenvalue weighted by Gasteiger charge is -2.35. The first kappa shape index (κ1) is 27.4. The Bertz CT molecular complexity index is 1310. The quantitative estimate of drug-likeness (QED) is 0.515. The fourth-order valence-electron chi connectivity index (χ4n) is 3.77. The van der Waals surface area contributed by atoms with E-state index in [-0.39, 0.29) is 26.6 Å². The zero-order valence-corrected chi connectivity index (χ0v) is 22.8. The maximum atomic E-state index is 13.4. The number of benzene rings is 2. The minimum atomic E-state index is -0.606. The molecule has 11 heteroatoms. The van der Waals surface area contributed by atoms with Crippen LogP contribution in [0.15, 0.2) is 70.6 Å². The zero-order valence-electron chi connectivity index (χ0n) is 21.2. The van der Waals surface area contributed by atoms with Crippen LogP contribution in [0.4, 0.5) is 10.5 Å². The van der Waals surface area contributed by atoms with Gasteiger partial charge in [-0.2, -0.15) is 4.99 Å². The van der Waals surface area contributed by atoms with Crippen molar-refractivity contribution in [2.75, 3.05) is 31.1 Å². The van der Waals surface area contributed by atoms with E-state index < -0.39 is 23.5 Å². The molecule has 2 aromatic rings. The van der Waals surface area contributed by atoms with E-state index in [1.807, 2.05) is 0 Å². The summed E-state index contributed by atoms with van der Waals surface area (Å²) in [4.78, 5) is 60.4. The summed E-state index contributed by atoms with van der Waals surface area (Å²) >= 11 is 7.11. The maximum Gasteiger partial charge on any atom is 0.410 e. The van der Waals surface area contributed by atoms with Crippen molar-refractivity contribution in [3.63, 3.8) is 0 Å². The predicted molar refractivity (Wildman–Crippen MR) is 147 cm³/mol. The van der Waals surface area contributed by atoms with Gasteiger partial charge in [0.05, 0.1) is 21.2 Å².